The summed E-state index contributed by atoms with van der Waals surface area (Å²) in [5, 5.41) is 22.1. The summed E-state index contributed by atoms with van der Waals surface area (Å²) in [4.78, 5) is 0. The monoisotopic (exact) mass is 285 g/mol. The molecule has 2 rings (SSSR count). The molecule has 0 aliphatic carbocycles. The second-order valence-corrected chi connectivity index (χ2v) is 4.39. The van der Waals surface area contributed by atoms with E-state index in [1.807, 2.05) is 14.0 Å². The predicted octanol–water partition coefficient (Wildman–Crippen LogP) is 0.701. The molecular weight excluding hydrogens is 274 g/mol. The SMILES string of the molecule is Cc1nn(C)cc1C(O)c1c(Br)nnn1C. The zero-order valence-corrected chi connectivity index (χ0v) is 10.8. The van der Waals surface area contributed by atoms with Crippen molar-refractivity contribution in [3.63, 3.8) is 0 Å². The molecule has 2 aromatic rings. The first-order chi connectivity index (χ1) is 7.50. The average Bonchev–Trinajstić information content (AvgIpc) is 2.70. The van der Waals surface area contributed by atoms with Gasteiger partial charge in [0.2, 0.25) is 0 Å². The van der Waals surface area contributed by atoms with Gasteiger partial charge in [-0.2, -0.15) is 5.10 Å². The summed E-state index contributed by atoms with van der Waals surface area (Å²) < 4.78 is 3.76. The Bertz CT molecular complexity index is 498. The van der Waals surface area contributed by atoms with Gasteiger partial charge >= 0.3 is 0 Å². The summed E-state index contributed by atoms with van der Waals surface area (Å²) in [7, 11) is 3.56. The third kappa shape index (κ3) is 1.76. The normalized spacial score (nSPS) is 13.1. The van der Waals surface area contributed by atoms with Gasteiger partial charge in [0, 0.05) is 25.9 Å². The lowest BCUT2D eigenvalue weighted by Crippen LogP contribution is -2.07. The lowest BCUT2D eigenvalue weighted by Gasteiger charge is -2.09. The van der Waals surface area contributed by atoms with Crippen LogP contribution in [0, 0.1) is 6.92 Å². The average molecular weight is 286 g/mol. The van der Waals surface area contributed by atoms with E-state index in [9.17, 15) is 5.11 Å². The van der Waals surface area contributed by atoms with Crippen molar-refractivity contribution in [2.75, 3.05) is 0 Å². The summed E-state index contributed by atoms with van der Waals surface area (Å²) in [5.41, 5.74) is 2.17. The molecule has 0 spiro atoms. The number of hydrogen-bond donors (Lipinski definition) is 1. The molecule has 0 saturated carbocycles. The molecule has 0 aliphatic rings. The van der Waals surface area contributed by atoms with Gasteiger partial charge in [-0.15, -0.1) is 5.10 Å². The molecule has 2 heterocycles. The highest BCUT2D eigenvalue weighted by Crippen LogP contribution is 2.27. The van der Waals surface area contributed by atoms with E-state index in [-0.39, 0.29) is 0 Å². The van der Waals surface area contributed by atoms with E-state index >= 15 is 0 Å². The Morgan fingerprint density at radius 1 is 1.44 bits per heavy atom. The number of hydrogen-bond acceptors (Lipinski definition) is 4. The van der Waals surface area contributed by atoms with Gasteiger partial charge in [0.1, 0.15) is 11.8 Å². The zero-order valence-electron chi connectivity index (χ0n) is 9.22. The molecule has 2 aromatic heterocycles. The molecule has 1 N–H and O–H groups in total. The lowest BCUT2D eigenvalue weighted by atomic mass is 10.1. The van der Waals surface area contributed by atoms with E-state index in [0.717, 1.165) is 11.3 Å². The van der Waals surface area contributed by atoms with E-state index in [1.165, 1.54) is 0 Å². The fourth-order valence-corrected chi connectivity index (χ4v) is 2.21. The molecule has 0 aromatic carbocycles. The van der Waals surface area contributed by atoms with Crippen molar-refractivity contribution in [1.29, 1.82) is 0 Å². The van der Waals surface area contributed by atoms with Crippen LogP contribution in [0.1, 0.15) is 23.1 Å². The molecule has 16 heavy (non-hydrogen) atoms. The van der Waals surface area contributed by atoms with Crippen molar-refractivity contribution in [1.82, 2.24) is 24.8 Å². The van der Waals surface area contributed by atoms with Crippen LogP contribution < -0.4 is 0 Å². The van der Waals surface area contributed by atoms with E-state index in [0.29, 0.717) is 10.3 Å². The zero-order chi connectivity index (χ0) is 11.9. The summed E-state index contributed by atoms with van der Waals surface area (Å²) in [6.07, 6.45) is 1.02. The van der Waals surface area contributed by atoms with E-state index in [2.05, 4.69) is 31.3 Å². The van der Waals surface area contributed by atoms with Gasteiger partial charge in [0.15, 0.2) is 4.60 Å². The van der Waals surface area contributed by atoms with Gasteiger partial charge in [-0.25, -0.2) is 4.68 Å². The Kier molecular flexibility index (Phi) is 2.81. The van der Waals surface area contributed by atoms with Crippen LogP contribution in [0.2, 0.25) is 0 Å². The second-order valence-electron chi connectivity index (χ2n) is 3.64. The Morgan fingerprint density at radius 3 is 2.56 bits per heavy atom. The Balaban J connectivity index is 2.46. The van der Waals surface area contributed by atoms with E-state index in [1.54, 1.807) is 22.6 Å². The van der Waals surface area contributed by atoms with Crippen LogP contribution >= 0.6 is 15.9 Å². The third-order valence-corrected chi connectivity index (χ3v) is 3.00. The number of aliphatic hydroxyl groups excluding tert-OH is 1. The van der Waals surface area contributed by atoms with Crippen molar-refractivity contribution in [2.24, 2.45) is 14.1 Å². The Hall–Kier alpha value is -1.21. The van der Waals surface area contributed by atoms with Gasteiger partial charge in [-0.1, -0.05) is 5.21 Å². The fraction of sp³-hybridized carbons (Fsp3) is 0.444. The van der Waals surface area contributed by atoms with Gasteiger partial charge in [-0.3, -0.25) is 4.68 Å². The lowest BCUT2D eigenvalue weighted by molar-refractivity contribution is 0.208. The number of rotatable bonds is 2. The quantitative estimate of drug-likeness (QED) is 0.882. The van der Waals surface area contributed by atoms with Crippen molar-refractivity contribution < 1.29 is 5.11 Å². The van der Waals surface area contributed by atoms with Gasteiger partial charge in [0.25, 0.3) is 0 Å². The highest BCUT2D eigenvalue weighted by atomic mass is 79.9. The molecule has 1 unspecified atom stereocenters. The molecule has 0 fully saturated rings. The highest BCUT2D eigenvalue weighted by molar-refractivity contribution is 9.10. The fourth-order valence-electron chi connectivity index (χ4n) is 1.66. The minimum Gasteiger partial charge on any atom is -0.382 e. The molecule has 0 aliphatic heterocycles. The third-order valence-electron chi connectivity index (χ3n) is 2.43. The van der Waals surface area contributed by atoms with Crippen LogP contribution in [0.25, 0.3) is 0 Å². The maximum atomic E-state index is 10.3. The number of nitrogens with zero attached hydrogens (tertiary/aromatic N) is 5. The van der Waals surface area contributed by atoms with Gasteiger partial charge in [0.05, 0.1) is 5.69 Å². The molecule has 7 heteroatoms. The van der Waals surface area contributed by atoms with Gasteiger partial charge in [-0.05, 0) is 22.9 Å². The number of halogens is 1. The van der Waals surface area contributed by atoms with Crippen molar-refractivity contribution in [3.05, 3.63) is 27.8 Å². The van der Waals surface area contributed by atoms with Crippen LogP contribution in [0.3, 0.4) is 0 Å². The maximum absolute atomic E-state index is 10.3. The Labute approximate surface area is 101 Å². The molecule has 0 radical (unpaired) electrons. The molecule has 0 bridgehead atoms. The molecule has 0 amide bonds. The highest BCUT2D eigenvalue weighted by Gasteiger charge is 2.22. The van der Waals surface area contributed by atoms with Crippen LogP contribution in [-0.4, -0.2) is 29.9 Å². The minimum atomic E-state index is -0.775. The standard InChI is InChI=1S/C9H12BrN5O/c1-5-6(4-14(2)12-5)8(16)7-9(10)11-13-15(7)3/h4,8,16H,1-3H3. The van der Waals surface area contributed by atoms with Gasteiger partial charge < -0.3 is 5.11 Å². The predicted molar refractivity (Wildman–Crippen MR) is 60.7 cm³/mol. The molecule has 1 atom stereocenters. The summed E-state index contributed by atoms with van der Waals surface area (Å²) in [6.45, 7) is 1.86. The molecular formula is C9H12BrN5O. The minimum absolute atomic E-state index is 0.547. The number of aliphatic hydroxyl groups is 1. The molecule has 86 valence electrons. The number of aromatic nitrogens is 5. The van der Waals surface area contributed by atoms with Crippen LogP contribution in [-0.2, 0) is 14.1 Å². The van der Waals surface area contributed by atoms with Crippen LogP contribution in [0.5, 0.6) is 0 Å². The van der Waals surface area contributed by atoms with E-state index in [4.69, 9.17) is 0 Å². The second kappa shape index (κ2) is 3.99. The first-order valence-electron chi connectivity index (χ1n) is 4.74. The Morgan fingerprint density at radius 2 is 2.12 bits per heavy atom. The molecule has 0 saturated heterocycles. The summed E-state index contributed by atoms with van der Waals surface area (Å²) in [5.74, 6) is 0. The number of aryl methyl sites for hydroxylation is 3. The first-order valence-corrected chi connectivity index (χ1v) is 5.53. The topological polar surface area (TPSA) is 68.8 Å². The van der Waals surface area contributed by atoms with Crippen molar-refractivity contribution >= 4 is 15.9 Å². The van der Waals surface area contributed by atoms with Crippen LogP contribution in [0.15, 0.2) is 10.8 Å². The largest absolute Gasteiger partial charge is 0.382 e. The first kappa shape index (κ1) is 11.3. The van der Waals surface area contributed by atoms with Crippen molar-refractivity contribution in [2.45, 2.75) is 13.0 Å². The smallest absolute Gasteiger partial charge is 0.154 e. The van der Waals surface area contributed by atoms with Crippen molar-refractivity contribution in [3.8, 4) is 0 Å². The summed E-state index contributed by atoms with van der Waals surface area (Å²) >= 11 is 3.26. The van der Waals surface area contributed by atoms with Crippen LogP contribution in [0.4, 0.5) is 0 Å². The van der Waals surface area contributed by atoms with E-state index < -0.39 is 6.10 Å². The summed E-state index contributed by atoms with van der Waals surface area (Å²) in [6, 6.07) is 0. The maximum Gasteiger partial charge on any atom is 0.154 e. The molecule has 6 nitrogen and oxygen atoms in total.